The molecule has 1 aromatic heterocycles. The standard InChI is InChI=1S/C27H28N2O/c1-30-23-11-7-10-22(18-23)27-25(24-12-5-6-13-26(24)28-27)19-29-16-14-21(15-17-29)20-8-3-2-4-9-20/h2-13,18,21,28H,14-17,19H2,1H3. The van der Waals surface area contributed by atoms with Crippen LogP contribution in [0.3, 0.4) is 0 Å². The number of fused-ring (bicyclic) bond motifs is 1. The minimum absolute atomic E-state index is 0.684. The first-order valence-electron chi connectivity index (χ1n) is 10.8. The molecule has 0 radical (unpaired) electrons. The number of hydrogen-bond donors (Lipinski definition) is 1. The van der Waals surface area contributed by atoms with Gasteiger partial charge in [0.05, 0.1) is 12.8 Å². The lowest BCUT2D eigenvalue weighted by Crippen LogP contribution is -2.32. The number of H-pyrrole nitrogens is 1. The first-order chi connectivity index (χ1) is 14.8. The molecule has 2 heterocycles. The van der Waals surface area contributed by atoms with Crippen LogP contribution in [-0.2, 0) is 6.54 Å². The van der Waals surface area contributed by atoms with Gasteiger partial charge in [-0.3, -0.25) is 4.90 Å². The number of para-hydroxylation sites is 1. The van der Waals surface area contributed by atoms with Crippen molar-refractivity contribution in [2.24, 2.45) is 0 Å². The van der Waals surface area contributed by atoms with Crippen LogP contribution in [0.2, 0.25) is 0 Å². The summed E-state index contributed by atoms with van der Waals surface area (Å²) in [6, 6.07) is 28.0. The van der Waals surface area contributed by atoms with Crippen molar-refractivity contribution < 1.29 is 4.74 Å². The summed E-state index contributed by atoms with van der Waals surface area (Å²) < 4.78 is 5.47. The van der Waals surface area contributed by atoms with Gasteiger partial charge >= 0.3 is 0 Å². The van der Waals surface area contributed by atoms with Crippen molar-refractivity contribution in [1.82, 2.24) is 9.88 Å². The summed E-state index contributed by atoms with van der Waals surface area (Å²) in [4.78, 5) is 6.28. The van der Waals surface area contributed by atoms with Crippen molar-refractivity contribution in [3.8, 4) is 17.0 Å². The number of hydrogen-bond acceptors (Lipinski definition) is 2. The first-order valence-corrected chi connectivity index (χ1v) is 10.8. The van der Waals surface area contributed by atoms with Crippen LogP contribution >= 0.6 is 0 Å². The van der Waals surface area contributed by atoms with Gasteiger partial charge in [0.1, 0.15) is 5.75 Å². The van der Waals surface area contributed by atoms with Crippen LogP contribution < -0.4 is 4.74 Å². The number of methoxy groups -OCH3 is 1. The van der Waals surface area contributed by atoms with Crippen LogP contribution in [0.4, 0.5) is 0 Å². The number of ether oxygens (including phenoxy) is 1. The predicted octanol–water partition coefficient (Wildman–Crippen LogP) is 6.22. The normalized spacial score (nSPS) is 15.5. The molecular weight excluding hydrogens is 368 g/mol. The molecule has 4 aromatic rings. The Morgan fingerprint density at radius 1 is 0.900 bits per heavy atom. The SMILES string of the molecule is COc1cccc(-c2[nH]c3ccccc3c2CN2CCC(c3ccccc3)CC2)c1. The van der Waals surface area contributed by atoms with Crippen molar-refractivity contribution in [2.45, 2.75) is 25.3 Å². The number of piperidine rings is 1. The molecule has 1 saturated heterocycles. The van der Waals surface area contributed by atoms with E-state index >= 15 is 0 Å². The number of nitrogens with zero attached hydrogens (tertiary/aromatic N) is 1. The highest BCUT2D eigenvalue weighted by molar-refractivity contribution is 5.90. The second-order valence-corrected chi connectivity index (χ2v) is 8.22. The van der Waals surface area contributed by atoms with Gasteiger partial charge in [0.25, 0.3) is 0 Å². The summed E-state index contributed by atoms with van der Waals surface area (Å²) in [6.07, 6.45) is 2.45. The van der Waals surface area contributed by atoms with Crippen LogP contribution in [-0.4, -0.2) is 30.1 Å². The zero-order chi connectivity index (χ0) is 20.3. The summed E-state index contributed by atoms with van der Waals surface area (Å²) >= 11 is 0. The van der Waals surface area contributed by atoms with Gasteiger partial charge in [-0.1, -0.05) is 60.7 Å². The van der Waals surface area contributed by atoms with E-state index in [1.165, 1.54) is 46.1 Å². The highest BCUT2D eigenvalue weighted by Crippen LogP contribution is 2.35. The molecule has 5 rings (SSSR count). The molecule has 0 aliphatic carbocycles. The van der Waals surface area contributed by atoms with Crippen molar-refractivity contribution in [2.75, 3.05) is 20.2 Å². The topological polar surface area (TPSA) is 28.3 Å². The third-order valence-electron chi connectivity index (χ3n) is 6.41. The molecule has 0 amide bonds. The Balaban J connectivity index is 1.41. The van der Waals surface area contributed by atoms with E-state index < -0.39 is 0 Å². The number of aromatic amines is 1. The molecule has 0 bridgehead atoms. The van der Waals surface area contributed by atoms with Gasteiger partial charge in [-0.25, -0.2) is 0 Å². The molecule has 1 N–H and O–H groups in total. The van der Waals surface area contributed by atoms with Gasteiger partial charge < -0.3 is 9.72 Å². The van der Waals surface area contributed by atoms with E-state index in [0.29, 0.717) is 5.92 Å². The van der Waals surface area contributed by atoms with E-state index in [1.54, 1.807) is 7.11 Å². The largest absolute Gasteiger partial charge is 0.497 e. The van der Waals surface area contributed by atoms with Gasteiger partial charge in [-0.05, 0) is 61.2 Å². The van der Waals surface area contributed by atoms with E-state index in [1.807, 2.05) is 6.07 Å². The van der Waals surface area contributed by atoms with Crippen molar-refractivity contribution >= 4 is 10.9 Å². The Kier molecular flexibility index (Phi) is 5.29. The van der Waals surface area contributed by atoms with E-state index in [4.69, 9.17) is 4.74 Å². The summed E-state index contributed by atoms with van der Waals surface area (Å²) in [5.74, 6) is 1.57. The van der Waals surface area contributed by atoms with Gasteiger partial charge in [-0.2, -0.15) is 0 Å². The van der Waals surface area contributed by atoms with Crippen molar-refractivity contribution in [1.29, 1.82) is 0 Å². The molecule has 152 valence electrons. The molecular formula is C27H28N2O. The molecule has 3 aromatic carbocycles. The molecule has 1 fully saturated rings. The number of aromatic nitrogens is 1. The lowest BCUT2D eigenvalue weighted by Gasteiger charge is -2.32. The third-order valence-corrected chi connectivity index (χ3v) is 6.41. The molecule has 0 unspecified atom stereocenters. The van der Waals surface area contributed by atoms with Crippen LogP contribution in [0.15, 0.2) is 78.9 Å². The Bertz CT molecular complexity index is 1120. The molecule has 30 heavy (non-hydrogen) atoms. The first kappa shape index (κ1) is 19.0. The fraction of sp³-hybridized carbons (Fsp3) is 0.259. The molecule has 3 heteroatoms. The maximum Gasteiger partial charge on any atom is 0.119 e. The van der Waals surface area contributed by atoms with E-state index in [-0.39, 0.29) is 0 Å². The number of likely N-dealkylation sites (tertiary alicyclic amines) is 1. The minimum atomic E-state index is 0.684. The van der Waals surface area contributed by atoms with Gasteiger partial charge in [-0.15, -0.1) is 0 Å². The zero-order valence-corrected chi connectivity index (χ0v) is 17.5. The third kappa shape index (κ3) is 3.73. The fourth-order valence-electron chi connectivity index (χ4n) is 4.76. The van der Waals surface area contributed by atoms with E-state index in [9.17, 15) is 0 Å². The molecule has 1 aliphatic rings. The summed E-state index contributed by atoms with van der Waals surface area (Å²) in [5.41, 5.74) is 6.46. The van der Waals surface area contributed by atoms with E-state index in [2.05, 4.69) is 82.7 Å². The molecule has 0 saturated carbocycles. The molecule has 0 spiro atoms. The van der Waals surface area contributed by atoms with Crippen molar-refractivity contribution in [3.63, 3.8) is 0 Å². The lowest BCUT2D eigenvalue weighted by atomic mass is 9.89. The highest BCUT2D eigenvalue weighted by atomic mass is 16.5. The summed E-state index contributed by atoms with van der Waals surface area (Å²) in [6.45, 7) is 3.24. The Hall–Kier alpha value is -3.04. The van der Waals surface area contributed by atoms with Crippen LogP contribution in [0, 0.1) is 0 Å². The summed E-state index contributed by atoms with van der Waals surface area (Å²) in [7, 11) is 1.72. The van der Waals surface area contributed by atoms with Gasteiger partial charge in [0.15, 0.2) is 0 Å². The van der Waals surface area contributed by atoms with Crippen LogP contribution in [0.1, 0.15) is 29.9 Å². The van der Waals surface area contributed by atoms with Crippen molar-refractivity contribution in [3.05, 3.63) is 90.0 Å². The van der Waals surface area contributed by atoms with Gasteiger partial charge in [0, 0.05) is 23.0 Å². The maximum absolute atomic E-state index is 5.47. The fourth-order valence-corrected chi connectivity index (χ4v) is 4.76. The second kappa shape index (κ2) is 8.37. The predicted molar refractivity (Wildman–Crippen MR) is 124 cm³/mol. The smallest absolute Gasteiger partial charge is 0.119 e. The number of nitrogens with one attached hydrogen (secondary N) is 1. The average molecular weight is 397 g/mol. The second-order valence-electron chi connectivity index (χ2n) is 8.22. The monoisotopic (exact) mass is 396 g/mol. The lowest BCUT2D eigenvalue weighted by molar-refractivity contribution is 0.205. The summed E-state index contributed by atoms with van der Waals surface area (Å²) in [5, 5.41) is 1.32. The van der Waals surface area contributed by atoms with E-state index in [0.717, 1.165) is 25.4 Å². The maximum atomic E-state index is 5.47. The highest BCUT2D eigenvalue weighted by Gasteiger charge is 2.23. The molecule has 3 nitrogen and oxygen atoms in total. The minimum Gasteiger partial charge on any atom is -0.497 e. The van der Waals surface area contributed by atoms with Gasteiger partial charge in [0.2, 0.25) is 0 Å². The quantitative estimate of drug-likeness (QED) is 0.433. The van der Waals surface area contributed by atoms with Crippen LogP contribution in [0.5, 0.6) is 5.75 Å². The average Bonchev–Trinajstić information content (AvgIpc) is 3.18. The number of rotatable bonds is 5. The Labute approximate surface area is 178 Å². The Morgan fingerprint density at radius 2 is 1.67 bits per heavy atom. The molecule has 0 atom stereocenters. The number of benzene rings is 3. The Morgan fingerprint density at radius 3 is 2.47 bits per heavy atom. The molecule has 1 aliphatic heterocycles. The van der Waals surface area contributed by atoms with Crippen LogP contribution in [0.25, 0.3) is 22.2 Å². The zero-order valence-electron chi connectivity index (χ0n) is 17.5.